The van der Waals surface area contributed by atoms with Crippen molar-refractivity contribution in [3.8, 4) is 11.8 Å². The summed E-state index contributed by atoms with van der Waals surface area (Å²) in [6.07, 6.45) is 0. The highest BCUT2D eigenvalue weighted by molar-refractivity contribution is 7.99. The van der Waals surface area contributed by atoms with Crippen LogP contribution in [0.15, 0.2) is 78.9 Å². The quantitative estimate of drug-likeness (QED) is 0.589. The normalized spacial score (nSPS) is 10.1. The summed E-state index contributed by atoms with van der Waals surface area (Å²) in [5.74, 6) is 1.81. The van der Waals surface area contributed by atoms with Crippen molar-refractivity contribution in [1.82, 2.24) is 0 Å². The minimum absolute atomic E-state index is 0.0448. The number of nitrogens with zero attached hydrogens (tertiary/aromatic N) is 1. The number of amides is 1. The number of nitriles is 1. The number of anilines is 1. The van der Waals surface area contributed by atoms with Crippen LogP contribution in [0.25, 0.3) is 0 Å². The van der Waals surface area contributed by atoms with Crippen molar-refractivity contribution >= 4 is 23.4 Å². The van der Waals surface area contributed by atoms with Crippen LogP contribution in [0.3, 0.4) is 0 Å². The van der Waals surface area contributed by atoms with Crippen LogP contribution in [-0.4, -0.2) is 11.7 Å². The van der Waals surface area contributed by atoms with Gasteiger partial charge >= 0.3 is 0 Å². The lowest BCUT2D eigenvalue weighted by atomic mass is 10.2. The summed E-state index contributed by atoms with van der Waals surface area (Å²) in [7, 11) is 0. The van der Waals surface area contributed by atoms with E-state index in [1.165, 1.54) is 11.8 Å². The lowest BCUT2D eigenvalue weighted by Crippen LogP contribution is -2.14. The van der Waals surface area contributed by atoms with Crippen LogP contribution in [0.5, 0.6) is 5.75 Å². The smallest absolute Gasteiger partial charge is 0.234 e. The highest BCUT2D eigenvalue weighted by Crippen LogP contribution is 2.18. The second-order valence-electron chi connectivity index (χ2n) is 6.15. The van der Waals surface area contributed by atoms with Gasteiger partial charge in [-0.3, -0.25) is 4.79 Å². The van der Waals surface area contributed by atoms with Gasteiger partial charge in [0.2, 0.25) is 5.91 Å². The number of hydrogen-bond acceptors (Lipinski definition) is 4. The Morgan fingerprint density at radius 2 is 1.64 bits per heavy atom. The van der Waals surface area contributed by atoms with Crippen LogP contribution in [0.1, 0.15) is 16.7 Å². The number of benzene rings is 3. The maximum atomic E-state index is 12.1. The van der Waals surface area contributed by atoms with Gasteiger partial charge in [0.25, 0.3) is 0 Å². The van der Waals surface area contributed by atoms with Gasteiger partial charge in [-0.25, -0.2) is 0 Å². The maximum absolute atomic E-state index is 12.1. The van der Waals surface area contributed by atoms with Gasteiger partial charge in [0.15, 0.2) is 0 Å². The first-order chi connectivity index (χ1) is 13.7. The van der Waals surface area contributed by atoms with Crippen LogP contribution in [-0.2, 0) is 17.2 Å². The van der Waals surface area contributed by atoms with Gasteiger partial charge in [0.05, 0.1) is 17.4 Å². The molecule has 0 aliphatic carbocycles. The highest BCUT2D eigenvalue weighted by atomic mass is 32.2. The summed E-state index contributed by atoms with van der Waals surface area (Å²) in [6, 6.07) is 26.9. The van der Waals surface area contributed by atoms with E-state index in [4.69, 9.17) is 10.00 Å². The third-order valence-electron chi connectivity index (χ3n) is 3.97. The zero-order valence-electron chi connectivity index (χ0n) is 15.3. The summed E-state index contributed by atoms with van der Waals surface area (Å²) in [4.78, 5) is 12.1. The molecule has 0 saturated carbocycles. The molecule has 0 fully saturated rings. The van der Waals surface area contributed by atoms with E-state index >= 15 is 0 Å². The van der Waals surface area contributed by atoms with Gasteiger partial charge in [-0.1, -0.05) is 42.5 Å². The van der Waals surface area contributed by atoms with Crippen molar-refractivity contribution in [1.29, 1.82) is 5.26 Å². The van der Waals surface area contributed by atoms with Crippen LogP contribution >= 0.6 is 11.8 Å². The Hall–Kier alpha value is -3.23. The number of rotatable bonds is 8. The van der Waals surface area contributed by atoms with Gasteiger partial charge in [-0.2, -0.15) is 5.26 Å². The molecule has 1 amide bonds. The summed E-state index contributed by atoms with van der Waals surface area (Å²) in [6.45, 7) is 0.512. The molecule has 0 bridgehead atoms. The lowest BCUT2D eigenvalue weighted by Gasteiger charge is -2.08. The fraction of sp³-hybridized carbons (Fsp3) is 0.130. The molecule has 0 heterocycles. The predicted molar refractivity (Wildman–Crippen MR) is 113 cm³/mol. The Balaban J connectivity index is 1.40. The molecule has 0 aliphatic heterocycles. The average Bonchev–Trinajstić information content (AvgIpc) is 2.74. The van der Waals surface area contributed by atoms with Crippen LogP contribution < -0.4 is 10.1 Å². The first-order valence-electron chi connectivity index (χ1n) is 8.86. The van der Waals surface area contributed by atoms with Crippen LogP contribution in [0.2, 0.25) is 0 Å². The molecule has 140 valence electrons. The van der Waals surface area contributed by atoms with Gasteiger partial charge in [-0.05, 0) is 47.5 Å². The summed E-state index contributed by atoms with van der Waals surface area (Å²) >= 11 is 1.54. The predicted octanol–water partition coefficient (Wildman–Crippen LogP) is 5.01. The number of nitrogens with one attached hydrogen (secondary N) is 1. The van der Waals surface area contributed by atoms with E-state index in [9.17, 15) is 4.79 Å². The van der Waals surface area contributed by atoms with Gasteiger partial charge in [0, 0.05) is 11.4 Å². The van der Waals surface area contributed by atoms with Gasteiger partial charge in [-0.15, -0.1) is 11.8 Å². The van der Waals surface area contributed by atoms with Gasteiger partial charge < -0.3 is 10.1 Å². The third-order valence-corrected chi connectivity index (χ3v) is 4.98. The van der Waals surface area contributed by atoms with E-state index < -0.39 is 0 Å². The Bertz CT molecular complexity index is 933. The SMILES string of the molecule is N#Cc1ccc(CSCC(=O)Nc2ccc(OCc3ccccc3)cc2)cc1. The molecule has 0 saturated heterocycles. The monoisotopic (exact) mass is 388 g/mol. The van der Waals surface area contributed by atoms with Crippen molar-refractivity contribution in [2.24, 2.45) is 0 Å². The summed E-state index contributed by atoms with van der Waals surface area (Å²) in [5.41, 5.74) is 3.59. The molecule has 3 rings (SSSR count). The van der Waals surface area contributed by atoms with Crippen LogP contribution in [0.4, 0.5) is 5.69 Å². The average molecular weight is 388 g/mol. The van der Waals surface area contributed by atoms with E-state index in [1.54, 1.807) is 12.1 Å². The number of thioether (sulfide) groups is 1. The largest absolute Gasteiger partial charge is 0.489 e. The Labute approximate surface area is 169 Å². The summed E-state index contributed by atoms with van der Waals surface area (Å²) < 4.78 is 5.75. The van der Waals surface area contributed by atoms with Crippen molar-refractivity contribution in [2.45, 2.75) is 12.4 Å². The van der Waals surface area contributed by atoms with E-state index in [-0.39, 0.29) is 5.91 Å². The number of carbonyl (C=O) groups excluding carboxylic acids is 1. The lowest BCUT2D eigenvalue weighted by molar-refractivity contribution is -0.113. The molecule has 0 aliphatic rings. The third kappa shape index (κ3) is 6.19. The van der Waals surface area contributed by atoms with Gasteiger partial charge in [0.1, 0.15) is 12.4 Å². The zero-order chi connectivity index (χ0) is 19.6. The Kier molecular flexibility index (Phi) is 7.11. The Morgan fingerprint density at radius 1 is 0.929 bits per heavy atom. The molecule has 5 heteroatoms. The second-order valence-corrected chi connectivity index (χ2v) is 7.13. The molecule has 1 N–H and O–H groups in total. The molecule has 0 radical (unpaired) electrons. The maximum Gasteiger partial charge on any atom is 0.234 e. The van der Waals surface area contributed by atoms with Crippen molar-refractivity contribution < 1.29 is 9.53 Å². The topological polar surface area (TPSA) is 62.1 Å². The minimum Gasteiger partial charge on any atom is -0.489 e. The number of hydrogen-bond donors (Lipinski definition) is 1. The molecular weight excluding hydrogens is 368 g/mol. The molecule has 4 nitrogen and oxygen atoms in total. The molecule has 0 atom stereocenters. The fourth-order valence-electron chi connectivity index (χ4n) is 2.51. The summed E-state index contributed by atoms with van der Waals surface area (Å²) in [5, 5.41) is 11.7. The standard InChI is InChI=1S/C23H20N2O2S/c24-14-18-6-8-20(9-7-18)16-28-17-23(26)25-21-10-12-22(13-11-21)27-15-19-4-2-1-3-5-19/h1-13H,15-17H2,(H,25,26). The number of ether oxygens (including phenoxy) is 1. The van der Waals surface area contributed by atoms with Crippen molar-refractivity contribution in [3.63, 3.8) is 0 Å². The van der Waals surface area contributed by atoms with Crippen molar-refractivity contribution in [2.75, 3.05) is 11.1 Å². The molecule has 3 aromatic carbocycles. The minimum atomic E-state index is -0.0448. The molecule has 0 spiro atoms. The molecule has 3 aromatic rings. The Morgan fingerprint density at radius 3 is 2.32 bits per heavy atom. The van der Waals surface area contributed by atoms with E-state index in [2.05, 4.69) is 11.4 Å². The molecular formula is C23H20N2O2S. The number of carbonyl (C=O) groups is 1. The molecule has 0 unspecified atom stereocenters. The van der Waals surface area contributed by atoms with Crippen LogP contribution in [0, 0.1) is 11.3 Å². The first kappa shape index (κ1) is 19.5. The van der Waals surface area contributed by atoms with E-state index in [0.717, 1.165) is 28.3 Å². The first-order valence-corrected chi connectivity index (χ1v) is 10.0. The van der Waals surface area contributed by atoms with E-state index in [1.807, 2.05) is 66.7 Å². The highest BCUT2D eigenvalue weighted by Gasteiger charge is 2.04. The zero-order valence-corrected chi connectivity index (χ0v) is 16.1. The second kappa shape index (κ2) is 10.2. The molecule has 28 heavy (non-hydrogen) atoms. The van der Waals surface area contributed by atoms with Crippen molar-refractivity contribution in [3.05, 3.63) is 95.6 Å². The molecule has 0 aromatic heterocycles. The van der Waals surface area contributed by atoms with E-state index in [0.29, 0.717) is 17.9 Å². The fourth-order valence-corrected chi connectivity index (χ4v) is 3.30.